The summed E-state index contributed by atoms with van der Waals surface area (Å²) in [5.41, 5.74) is 1.39. The number of nitrogens with one attached hydrogen (secondary N) is 2. The summed E-state index contributed by atoms with van der Waals surface area (Å²) < 4.78 is 32.6. The second-order valence-electron chi connectivity index (χ2n) is 7.37. The van der Waals surface area contributed by atoms with E-state index in [2.05, 4.69) is 10.0 Å². The summed E-state index contributed by atoms with van der Waals surface area (Å²) >= 11 is 0. The predicted molar refractivity (Wildman–Crippen MR) is 113 cm³/mol. The number of esters is 1. The Kier molecular flexibility index (Phi) is 7.23. The van der Waals surface area contributed by atoms with Crippen LogP contribution >= 0.6 is 0 Å². The van der Waals surface area contributed by atoms with Gasteiger partial charge in [0.25, 0.3) is 5.91 Å². The molecule has 0 atom stereocenters. The van der Waals surface area contributed by atoms with Crippen LogP contribution in [0.5, 0.6) is 5.75 Å². The van der Waals surface area contributed by atoms with Crippen molar-refractivity contribution in [3.05, 3.63) is 59.7 Å². The number of sulfonamides is 1. The van der Waals surface area contributed by atoms with Crippen LogP contribution in [0, 0.1) is 0 Å². The number of carbonyl (C=O) groups excluding carboxylic acids is 2. The number of carbonyl (C=O) groups is 2. The molecule has 0 saturated heterocycles. The molecule has 0 bridgehead atoms. The molecule has 2 N–H and O–H groups in total. The highest BCUT2D eigenvalue weighted by molar-refractivity contribution is 7.89. The van der Waals surface area contributed by atoms with Gasteiger partial charge in [-0.2, -0.15) is 0 Å². The molecule has 1 aliphatic rings. The summed E-state index contributed by atoms with van der Waals surface area (Å²) in [4.78, 5) is 23.4. The van der Waals surface area contributed by atoms with E-state index in [1.807, 2.05) is 0 Å². The van der Waals surface area contributed by atoms with Crippen LogP contribution in [0.15, 0.2) is 53.4 Å². The van der Waals surface area contributed by atoms with Crippen LogP contribution < -0.4 is 14.8 Å². The molecule has 1 fully saturated rings. The fourth-order valence-electron chi connectivity index (χ4n) is 3.43. The standard InChI is InChI=1S/C22H26N2O5S/c1-16(25)29-20-10-8-18(9-11-20)22(26)23-15-14-17-6-12-21(13-7-17)30(27,28)24-19-4-2-3-5-19/h6-13,19,24H,2-5,14-15H2,1H3,(H,23,26). The van der Waals surface area contributed by atoms with Crippen molar-refractivity contribution in [3.8, 4) is 5.75 Å². The topological polar surface area (TPSA) is 102 Å². The Morgan fingerprint density at radius 3 is 2.23 bits per heavy atom. The molecule has 2 aromatic carbocycles. The molecule has 0 aromatic heterocycles. The second-order valence-corrected chi connectivity index (χ2v) is 9.08. The van der Waals surface area contributed by atoms with E-state index in [0.717, 1.165) is 31.2 Å². The summed E-state index contributed by atoms with van der Waals surface area (Å²) in [7, 11) is -3.49. The van der Waals surface area contributed by atoms with Crippen molar-refractivity contribution in [2.75, 3.05) is 6.54 Å². The summed E-state index contributed by atoms with van der Waals surface area (Å²) in [6.45, 7) is 1.73. The number of hydrogen-bond donors (Lipinski definition) is 2. The van der Waals surface area contributed by atoms with Crippen LogP contribution in [0.4, 0.5) is 0 Å². The average Bonchev–Trinajstić information content (AvgIpc) is 3.21. The molecule has 0 spiro atoms. The first-order valence-electron chi connectivity index (χ1n) is 10.0. The highest BCUT2D eigenvalue weighted by atomic mass is 32.2. The Morgan fingerprint density at radius 2 is 1.63 bits per heavy atom. The Labute approximate surface area is 176 Å². The van der Waals surface area contributed by atoms with Gasteiger partial charge in [-0.3, -0.25) is 9.59 Å². The van der Waals surface area contributed by atoms with E-state index in [-0.39, 0.29) is 16.8 Å². The third-order valence-electron chi connectivity index (χ3n) is 4.99. The van der Waals surface area contributed by atoms with E-state index in [0.29, 0.717) is 24.3 Å². The lowest BCUT2D eigenvalue weighted by atomic mass is 10.1. The lowest BCUT2D eigenvalue weighted by Gasteiger charge is -2.13. The van der Waals surface area contributed by atoms with Gasteiger partial charge in [-0.15, -0.1) is 0 Å². The Morgan fingerprint density at radius 1 is 1.00 bits per heavy atom. The lowest BCUT2D eigenvalue weighted by Crippen LogP contribution is -2.32. The molecular weight excluding hydrogens is 404 g/mol. The first-order valence-corrected chi connectivity index (χ1v) is 11.5. The van der Waals surface area contributed by atoms with E-state index < -0.39 is 16.0 Å². The minimum absolute atomic E-state index is 0.0352. The van der Waals surface area contributed by atoms with Crippen molar-refractivity contribution in [2.45, 2.75) is 50.0 Å². The highest BCUT2D eigenvalue weighted by Gasteiger charge is 2.22. The van der Waals surface area contributed by atoms with Gasteiger partial charge in [-0.25, -0.2) is 13.1 Å². The largest absolute Gasteiger partial charge is 0.427 e. The van der Waals surface area contributed by atoms with Gasteiger partial charge in [-0.1, -0.05) is 25.0 Å². The maximum absolute atomic E-state index is 12.4. The monoisotopic (exact) mass is 430 g/mol. The molecule has 0 unspecified atom stereocenters. The van der Waals surface area contributed by atoms with Gasteiger partial charge in [0.15, 0.2) is 0 Å². The average molecular weight is 431 g/mol. The van der Waals surface area contributed by atoms with E-state index in [4.69, 9.17) is 4.74 Å². The fourth-order valence-corrected chi connectivity index (χ4v) is 4.73. The number of benzene rings is 2. The van der Waals surface area contributed by atoms with Crippen LogP contribution in [-0.4, -0.2) is 32.9 Å². The molecule has 8 heteroatoms. The van der Waals surface area contributed by atoms with Gasteiger partial charge >= 0.3 is 5.97 Å². The SMILES string of the molecule is CC(=O)Oc1ccc(C(=O)NCCc2ccc(S(=O)(=O)NC3CCCC3)cc2)cc1. The molecular formula is C22H26N2O5S. The minimum atomic E-state index is -3.49. The van der Waals surface area contributed by atoms with Gasteiger partial charge in [0.05, 0.1) is 4.90 Å². The molecule has 160 valence electrons. The van der Waals surface area contributed by atoms with E-state index in [1.165, 1.54) is 6.92 Å². The molecule has 1 amide bonds. The van der Waals surface area contributed by atoms with Gasteiger partial charge < -0.3 is 10.1 Å². The summed E-state index contributed by atoms with van der Waals surface area (Å²) in [6, 6.07) is 13.1. The van der Waals surface area contributed by atoms with Crippen molar-refractivity contribution in [3.63, 3.8) is 0 Å². The summed E-state index contributed by atoms with van der Waals surface area (Å²) in [5, 5.41) is 2.82. The lowest BCUT2D eigenvalue weighted by molar-refractivity contribution is -0.131. The van der Waals surface area contributed by atoms with E-state index in [1.54, 1.807) is 48.5 Å². The smallest absolute Gasteiger partial charge is 0.308 e. The molecule has 0 heterocycles. The van der Waals surface area contributed by atoms with Crippen LogP contribution in [-0.2, 0) is 21.2 Å². The maximum atomic E-state index is 12.4. The summed E-state index contributed by atoms with van der Waals surface area (Å²) in [6.07, 6.45) is 4.49. The predicted octanol–water partition coefficient (Wildman–Crippen LogP) is 2.81. The van der Waals surface area contributed by atoms with Gasteiger partial charge in [0.1, 0.15) is 5.75 Å². The van der Waals surface area contributed by atoms with Crippen LogP contribution in [0.3, 0.4) is 0 Å². The number of amides is 1. The van der Waals surface area contributed by atoms with E-state index in [9.17, 15) is 18.0 Å². The zero-order chi connectivity index (χ0) is 21.6. The van der Waals surface area contributed by atoms with Crippen molar-refractivity contribution < 1.29 is 22.7 Å². The second kappa shape index (κ2) is 9.86. The Balaban J connectivity index is 1.49. The quantitative estimate of drug-likeness (QED) is 0.495. The first kappa shape index (κ1) is 22.0. The molecule has 2 aromatic rings. The molecule has 0 radical (unpaired) electrons. The van der Waals surface area contributed by atoms with Crippen LogP contribution in [0.1, 0.15) is 48.5 Å². The first-order chi connectivity index (χ1) is 14.3. The molecule has 30 heavy (non-hydrogen) atoms. The third kappa shape index (κ3) is 6.14. The van der Waals surface area contributed by atoms with Crippen molar-refractivity contribution in [1.29, 1.82) is 0 Å². The van der Waals surface area contributed by atoms with Gasteiger partial charge in [0, 0.05) is 25.1 Å². The molecule has 1 aliphatic carbocycles. The zero-order valence-corrected chi connectivity index (χ0v) is 17.7. The number of hydrogen-bond acceptors (Lipinski definition) is 5. The highest BCUT2D eigenvalue weighted by Crippen LogP contribution is 2.20. The number of ether oxygens (including phenoxy) is 1. The Bertz CT molecular complexity index is 979. The number of rotatable bonds is 8. The van der Waals surface area contributed by atoms with Crippen LogP contribution in [0.25, 0.3) is 0 Å². The van der Waals surface area contributed by atoms with Crippen molar-refractivity contribution >= 4 is 21.9 Å². The molecule has 0 aliphatic heterocycles. The molecule has 3 rings (SSSR count). The third-order valence-corrected chi connectivity index (χ3v) is 6.52. The van der Waals surface area contributed by atoms with E-state index >= 15 is 0 Å². The maximum Gasteiger partial charge on any atom is 0.308 e. The fraction of sp³-hybridized carbons (Fsp3) is 0.364. The van der Waals surface area contributed by atoms with Crippen LogP contribution in [0.2, 0.25) is 0 Å². The summed E-state index contributed by atoms with van der Waals surface area (Å²) in [5.74, 6) is -0.263. The Hall–Kier alpha value is -2.71. The normalized spacial score (nSPS) is 14.4. The van der Waals surface area contributed by atoms with Crippen molar-refractivity contribution in [2.24, 2.45) is 0 Å². The van der Waals surface area contributed by atoms with Crippen molar-refractivity contribution in [1.82, 2.24) is 10.0 Å². The van der Waals surface area contributed by atoms with Gasteiger partial charge in [-0.05, 0) is 61.2 Å². The molecule has 1 saturated carbocycles. The molecule has 7 nitrogen and oxygen atoms in total. The van der Waals surface area contributed by atoms with Gasteiger partial charge in [0.2, 0.25) is 10.0 Å². The zero-order valence-electron chi connectivity index (χ0n) is 16.9. The minimum Gasteiger partial charge on any atom is -0.427 e.